The molecule has 0 saturated carbocycles. The van der Waals surface area contributed by atoms with E-state index >= 15 is 0 Å². The van der Waals surface area contributed by atoms with Crippen molar-refractivity contribution in [3.8, 4) is 0 Å². The number of allylic oxidation sites excluding steroid dienone is 1. The molecule has 0 radical (unpaired) electrons. The van der Waals surface area contributed by atoms with Crippen LogP contribution in [-0.4, -0.2) is 12.8 Å². The molecule has 0 unspecified atom stereocenters. The minimum Gasteiger partial charge on any atom is -0.401 e. The number of rotatable bonds is 2. The molecular weight excluding hydrogens is 90.1 g/mol. The highest BCUT2D eigenvalue weighted by Crippen LogP contribution is 1.70. The third kappa shape index (κ3) is 2.99. The molecule has 3 heteroatoms. The molecule has 0 aromatic carbocycles. The highest BCUT2D eigenvalue weighted by Gasteiger charge is 1.75. The minimum absolute atomic E-state index is 0.329. The van der Waals surface area contributed by atoms with Crippen molar-refractivity contribution in [2.45, 2.75) is 0 Å². The first-order valence-corrected chi connectivity index (χ1v) is 1.96. The third-order valence-electron chi connectivity index (χ3n) is 0.533. The second-order valence-electron chi connectivity index (χ2n) is 1.11. The SMILES string of the molecule is N=C/C=C(\N)CN. The molecule has 0 aromatic heterocycles. The van der Waals surface area contributed by atoms with E-state index in [1.54, 1.807) is 0 Å². The average Bonchev–Trinajstić information content (AvgIpc) is 1.68. The topological polar surface area (TPSA) is 75.9 Å². The monoisotopic (exact) mass is 99.1 g/mol. The van der Waals surface area contributed by atoms with Gasteiger partial charge in [0.05, 0.1) is 0 Å². The highest BCUT2D eigenvalue weighted by atomic mass is 14.7. The third-order valence-corrected chi connectivity index (χ3v) is 0.533. The number of hydrogen-bond donors (Lipinski definition) is 3. The van der Waals surface area contributed by atoms with Crippen molar-refractivity contribution in [3.63, 3.8) is 0 Å². The summed E-state index contributed by atoms with van der Waals surface area (Å²) in [7, 11) is 0. The van der Waals surface area contributed by atoms with Gasteiger partial charge in [0.1, 0.15) is 0 Å². The van der Waals surface area contributed by atoms with E-state index in [1.807, 2.05) is 0 Å². The van der Waals surface area contributed by atoms with Crippen LogP contribution in [0, 0.1) is 5.41 Å². The predicted molar refractivity (Wildman–Crippen MR) is 30.1 cm³/mol. The lowest BCUT2D eigenvalue weighted by Crippen LogP contribution is -2.10. The molecule has 5 N–H and O–H groups in total. The summed E-state index contributed by atoms with van der Waals surface area (Å²) in [6.07, 6.45) is 2.57. The standard InChI is InChI=1S/C4H9N3/c5-2-1-4(7)3-6/h1-2,5H,3,6-7H2/b4-1-,5-2?. The van der Waals surface area contributed by atoms with E-state index in [9.17, 15) is 0 Å². The summed E-state index contributed by atoms with van der Waals surface area (Å²) < 4.78 is 0. The summed E-state index contributed by atoms with van der Waals surface area (Å²) in [5.41, 5.74) is 10.8. The molecule has 0 bridgehead atoms. The van der Waals surface area contributed by atoms with E-state index in [0.29, 0.717) is 12.2 Å². The van der Waals surface area contributed by atoms with Crippen molar-refractivity contribution >= 4 is 6.21 Å². The van der Waals surface area contributed by atoms with Gasteiger partial charge in [-0.1, -0.05) is 0 Å². The number of nitrogens with two attached hydrogens (primary N) is 2. The highest BCUT2D eigenvalue weighted by molar-refractivity contribution is 5.68. The van der Waals surface area contributed by atoms with Gasteiger partial charge >= 0.3 is 0 Å². The molecule has 0 aliphatic heterocycles. The largest absolute Gasteiger partial charge is 0.401 e. The summed E-state index contributed by atoms with van der Waals surface area (Å²) in [6, 6.07) is 0. The Balaban J connectivity index is 3.49. The molecule has 3 nitrogen and oxygen atoms in total. The lowest BCUT2D eigenvalue weighted by atomic mass is 10.4. The van der Waals surface area contributed by atoms with Gasteiger partial charge in [0, 0.05) is 18.5 Å². The molecule has 0 amide bonds. The summed E-state index contributed by atoms with van der Waals surface area (Å²) in [6.45, 7) is 0.329. The van der Waals surface area contributed by atoms with Crippen LogP contribution in [0.5, 0.6) is 0 Å². The molecule has 0 heterocycles. The molecule has 0 spiro atoms. The zero-order valence-corrected chi connectivity index (χ0v) is 4.02. The van der Waals surface area contributed by atoms with E-state index in [2.05, 4.69) is 0 Å². The van der Waals surface area contributed by atoms with Gasteiger partial charge in [0.15, 0.2) is 0 Å². The lowest BCUT2D eigenvalue weighted by Gasteiger charge is -1.87. The number of hydrogen-bond acceptors (Lipinski definition) is 3. The molecule has 40 valence electrons. The van der Waals surface area contributed by atoms with Gasteiger partial charge in [0.25, 0.3) is 0 Å². The van der Waals surface area contributed by atoms with Crippen molar-refractivity contribution in [1.82, 2.24) is 0 Å². The van der Waals surface area contributed by atoms with Crippen molar-refractivity contribution in [2.75, 3.05) is 6.54 Å². The van der Waals surface area contributed by atoms with Gasteiger partial charge in [0.2, 0.25) is 0 Å². The molecule has 0 aliphatic rings. The van der Waals surface area contributed by atoms with Crippen LogP contribution in [-0.2, 0) is 0 Å². The van der Waals surface area contributed by atoms with Crippen LogP contribution < -0.4 is 11.5 Å². The van der Waals surface area contributed by atoms with Crippen molar-refractivity contribution in [2.24, 2.45) is 11.5 Å². The molecule has 0 aromatic rings. The Morgan fingerprint density at radius 3 is 2.43 bits per heavy atom. The average molecular weight is 99.1 g/mol. The second kappa shape index (κ2) is 3.36. The van der Waals surface area contributed by atoms with Gasteiger partial charge in [-0.2, -0.15) is 0 Å². The van der Waals surface area contributed by atoms with Crippen LogP contribution in [0.15, 0.2) is 11.8 Å². The Kier molecular flexibility index (Phi) is 2.96. The van der Waals surface area contributed by atoms with E-state index < -0.39 is 0 Å². The smallest absolute Gasteiger partial charge is 0.0327 e. The summed E-state index contributed by atoms with van der Waals surface area (Å²) in [5.74, 6) is 0. The number of nitrogens with one attached hydrogen (secondary N) is 1. The van der Waals surface area contributed by atoms with E-state index in [-0.39, 0.29) is 0 Å². The van der Waals surface area contributed by atoms with E-state index in [4.69, 9.17) is 16.9 Å². The Morgan fingerprint density at radius 1 is 1.71 bits per heavy atom. The van der Waals surface area contributed by atoms with Gasteiger partial charge in [-0.3, -0.25) is 0 Å². The Hall–Kier alpha value is -0.830. The van der Waals surface area contributed by atoms with Crippen LogP contribution in [0.2, 0.25) is 0 Å². The maximum Gasteiger partial charge on any atom is 0.0327 e. The lowest BCUT2D eigenvalue weighted by molar-refractivity contribution is 1.11. The van der Waals surface area contributed by atoms with Crippen LogP contribution >= 0.6 is 0 Å². The molecule has 0 atom stereocenters. The maximum atomic E-state index is 6.50. The fraction of sp³-hybridized carbons (Fsp3) is 0.250. The summed E-state index contributed by atoms with van der Waals surface area (Å²) in [4.78, 5) is 0. The molecule has 0 aliphatic carbocycles. The Bertz CT molecular complexity index is 84.9. The van der Waals surface area contributed by atoms with E-state index in [1.165, 1.54) is 6.08 Å². The van der Waals surface area contributed by atoms with E-state index in [0.717, 1.165) is 6.21 Å². The fourth-order valence-corrected chi connectivity index (χ4v) is 0.175. The fourth-order valence-electron chi connectivity index (χ4n) is 0.175. The zero-order chi connectivity index (χ0) is 5.70. The van der Waals surface area contributed by atoms with Crippen molar-refractivity contribution < 1.29 is 0 Å². The first-order valence-electron chi connectivity index (χ1n) is 1.96. The first-order chi connectivity index (χ1) is 3.31. The van der Waals surface area contributed by atoms with Gasteiger partial charge < -0.3 is 16.9 Å². The second-order valence-corrected chi connectivity index (χ2v) is 1.11. The summed E-state index contributed by atoms with van der Waals surface area (Å²) >= 11 is 0. The van der Waals surface area contributed by atoms with Gasteiger partial charge in [-0.15, -0.1) is 0 Å². The normalized spacial score (nSPS) is 11.3. The first kappa shape index (κ1) is 6.17. The van der Waals surface area contributed by atoms with Crippen LogP contribution in [0.25, 0.3) is 0 Å². The van der Waals surface area contributed by atoms with Crippen LogP contribution in [0.1, 0.15) is 0 Å². The van der Waals surface area contributed by atoms with Crippen molar-refractivity contribution in [3.05, 3.63) is 11.8 Å². The molecule has 0 saturated heterocycles. The van der Waals surface area contributed by atoms with Gasteiger partial charge in [-0.25, -0.2) is 0 Å². The Morgan fingerprint density at radius 2 is 2.29 bits per heavy atom. The summed E-state index contributed by atoms with van der Waals surface area (Å²) in [5, 5.41) is 6.50. The predicted octanol–water partition coefficient (Wildman–Crippen LogP) is -0.563. The molecule has 0 fully saturated rings. The van der Waals surface area contributed by atoms with Crippen LogP contribution in [0.3, 0.4) is 0 Å². The van der Waals surface area contributed by atoms with Crippen LogP contribution in [0.4, 0.5) is 0 Å². The van der Waals surface area contributed by atoms with Crippen molar-refractivity contribution in [1.29, 1.82) is 5.41 Å². The Labute approximate surface area is 42.5 Å². The quantitative estimate of drug-likeness (QED) is 0.406. The molecule has 0 rings (SSSR count). The molecular formula is C4H9N3. The minimum atomic E-state index is 0.329. The maximum absolute atomic E-state index is 6.50. The zero-order valence-electron chi connectivity index (χ0n) is 4.02. The van der Waals surface area contributed by atoms with Gasteiger partial charge in [-0.05, 0) is 6.08 Å². The molecule has 7 heavy (non-hydrogen) atoms.